The summed E-state index contributed by atoms with van der Waals surface area (Å²) in [5, 5.41) is 16.3. The second kappa shape index (κ2) is 17.2. The molecule has 0 aliphatic carbocycles. The third-order valence-electron chi connectivity index (χ3n) is 6.71. The third kappa shape index (κ3) is 10.9. The smallest absolute Gasteiger partial charge is 0.292 e. The number of guanidine groups is 1. The number of amides is 1. The topological polar surface area (TPSA) is 81.6 Å². The number of unbranched alkanes of at least 4 members (excludes halogenated alkanes) is 2. The molecule has 0 spiro atoms. The van der Waals surface area contributed by atoms with Crippen molar-refractivity contribution in [3.63, 3.8) is 0 Å². The molecule has 6 nitrogen and oxygen atoms in total. The van der Waals surface area contributed by atoms with E-state index >= 15 is 0 Å². The predicted molar refractivity (Wildman–Crippen MR) is 168 cm³/mol. The Morgan fingerprint density at radius 3 is 2.45 bits per heavy atom. The summed E-state index contributed by atoms with van der Waals surface area (Å²) >= 11 is 6.21. The fourth-order valence-electron chi connectivity index (χ4n) is 3.98. The Balaban J connectivity index is 2.47. The average molecular weight is 561 g/mol. The van der Waals surface area contributed by atoms with Crippen molar-refractivity contribution in [3.8, 4) is 12.1 Å². The van der Waals surface area contributed by atoms with E-state index in [2.05, 4.69) is 64.3 Å². The first-order valence-corrected chi connectivity index (χ1v) is 14.6. The number of rotatable bonds is 11. The number of benzene rings is 2. The summed E-state index contributed by atoms with van der Waals surface area (Å²) in [5.41, 5.74) is 4.38. The minimum absolute atomic E-state index is 0.297. The molecular formula is C33H43ClN5O+. The molecule has 0 fully saturated rings. The Labute approximate surface area is 245 Å². The van der Waals surface area contributed by atoms with Crippen LogP contribution >= 0.6 is 11.6 Å². The van der Waals surface area contributed by atoms with Crippen molar-refractivity contribution in [1.29, 1.82) is 5.26 Å². The molecule has 2 aromatic carbocycles. The Morgan fingerprint density at radius 1 is 1.10 bits per heavy atom. The quantitative estimate of drug-likeness (QED) is 0.165. The lowest BCUT2D eigenvalue weighted by Crippen LogP contribution is -2.45. The highest BCUT2D eigenvalue weighted by Gasteiger charge is 2.25. The highest BCUT2D eigenvalue weighted by molar-refractivity contribution is 6.30. The maximum Gasteiger partial charge on any atom is 0.351 e. The summed E-state index contributed by atoms with van der Waals surface area (Å²) in [4.78, 5) is 22.6. The number of nitrogens with zero attached hydrogens (tertiary/aromatic N) is 3. The molecule has 0 saturated heterocycles. The van der Waals surface area contributed by atoms with Crippen LogP contribution in [0.25, 0.3) is 10.4 Å². The van der Waals surface area contributed by atoms with E-state index < -0.39 is 6.17 Å². The number of hydrogen-bond acceptors (Lipinski definition) is 3. The molecule has 0 radical (unpaired) electrons. The van der Waals surface area contributed by atoms with Crippen LogP contribution in [0.5, 0.6) is 0 Å². The van der Waals surface area contributed by atoms with E-state index in [1.807, 2.05) is 24.3 Å². The maximum atomic E-state index is 13.2. The largest absolute Gasteiger partial charge is 0.351 e. The molecule has 212 valence electrons. The Morgan fingerprint density at radius 2 is 1.82 bits per heavy atom. The van der Waals surface area contributed by atoms with Gasteiger partial charge in [0.05, 0.1) is 24.5 Å². The van der Waals surface area contributed by atoms with Crippen LogP contribution < -0.4 is 10.6 Å². The molecular weight excluding hydrogens is 518 g/mol. The van der Waals surface area contributed by atoms with Crippen LogP contribution in [0.15, 0.2) is 59.1 Å². The molecule has 1 amide bonds. The highest BCUT2D eigenvalue weighted by Crippen LogP contribution is 2.30. The lowest BCUT2D eigenvalue weighted by molar-refractivity contribution is 0.0975. The summed E-state index contributed by atoms with van der Waals surface area (Å²) in [6, 6.07) is 19.8. The number of aliphatic imine (C=N–C) groups is 1. The normalized spacial score (nSPS) is 13.4. The van der Waals surface area contributed by atoms with Crippen molar-refractivity contribution in [2.75, 3.05) is 6.54 Å². The standard InChI is InChI=1S/C33H42ClN5O/c1-7-9-10-18-36-31(20-30(25(6)24(5)8-2)27-14-16-29(34)17-15-27)38-33(37-22-23(3)4)39-32(40)28-13-11-12-26(19-28)21-35/h11-17,19,23-24,31H,7-10,20,22H2,1-6H3,(H-,37,38,39,40)/p+1. The lowest BCUT2D eigenvalue weighted by atomic mass is 9.89. The fourth-order valence-corrected chi connectivity index (χ4v) is 4.10. The first kappa shape index (κ1) is 32.6. The molecule has 0 bridgehead atoms. The van der Waals surface area contributed by atoms with Crippen molar-refractivity contribution in [1.82, 2.24) is 10.6 Å². The molecule has 2 aromatic rings. The second-order valence-electron chi connectivity index (χ2n) is 10.5. The maximum absolute atomic E-state index is 13.2. The van der Waals surface area contributed by atoms with E-state index in [1.165, 1.54) is 11.1 Å². The number of nitriles is 1. The number of carbonyl (C=O) groups excluding carboxylic acids is 1. The fraction of sp³-hybridized carbons (Fsp3) is 0.455. The Kier molecular flexibility index (Phi) is 14.0. The van der Waals surface area contributed by atoms with Crippen LogP contribution in [-0.2, 0) is 0 Å². The monoisotopic (exact) mass is 560 g/mol. The molecule has 2 unspecified atom stereocenters. The van der Waals surface area contributed by atoms with Gasteiger partial charge in [-0.2, -0.15) is 5.26 Å². The summed E-state index contributed by atoms with van der Waals surface area (Å²) in [6.45, 7) is 13.4. The van der Waals surface area contributed by atoms with Crippen LogP contribution in [-0.4, -0.2) is 24.6 Å². The first-order valence-electron chi connectivity index (χ1n) is 14.2. The number of carbonyl (C=O) groups is 1. The van der Waals surface area contributed by atoms with Gasteiger partial charge in [0.1, 0.15) is 0 Å². The van der Waals surface area contributed by atoms with Gasteiger partial charge >= 0.3 is 6.17 Å². The van der Waals surface area contributed by atoms with Crippen molar-refractivity contribution in [3.05, 3.63) is 80.7 Å². The first-order chi connectivity index (χ1) is 19.2. The van der Waals surface area contributed by atoms with Crippen molar-refractivity contribution >= 4 is 29.0 Å². The summed E-state index contributed by atoms with van der Waals surface area (Å²) < 4.78 is 0. The van der Waals surface area contributed by atoms with Crippen molar-refractivity contribution in [2.24, 2.45) is 16.8 Å². The predicted octanol–water partition coefficient (Wildman–Crippen LogP) is 8.30. The van der Waals surface area contributed by atoms with E-state index in [9.17, 15) is 10.1 Å². The third-order valence-corrected chi connectivity index (χ3v) is 6.96. The molecule has 2 N–H and O–H groups in total. The summed E-state index contributed by atoms with van der Waals surface area (Å²) in [7, 11) is 0. The number of hydrogen-bond donors (Lipinski definition) is 2. The van der Waals surface area contributed by atoms with Gasteiger partial charge in [-0.1, -0.05) is 81.3 Å². The van der Waals surface area contributed by atoms with Gasteiger partial charge in [-0.05, 0) is 73.1 Å². The zero-order valence-electron chi connectivity index (χ0n) is 24.7. The van der Waals surface area contributed by atoms with Gasteiger partial charge in [-0.25, -0.2) is 0 Å². The SMILES string of the molecule is CCCCC#[N+]C(CC(=C(C)C(C)CC)c1ccc(Cl)cc1)NC(=NCC(C)C)NC(=O)c1cccc(C#N)c1. The summed E-state index contributed by atoms with van der Waals surface area (Å²) in [6.07, 6.45) is 4.01. The lowest BCUT2D eigenvalue weighted by Gasteiger charge is -2.19. The van der Waals surface area contributed by atoms with Crippen molar-refractivity contribution < 1.29 is 4.79 Å². The van der Waals surface area contributed by atoms with Crippen LogP contribution in [0, 0.1) is 29.2 Å². The number of allylic oxidation sites excluding steroid dienone is 1. The highest BCUT2D eigenvalue weighted by atomic mass is 35.5. The number of nitrogens with one attached hydrogen (secondary N) is 2. The molecule has 0 aliphatic heterocycles. The van der Waals surface area contributed by atoms with Crippen LogP contribution in [0.1, 0.15) is 95.1 Å². The van der Waals surface area contributed by atoms with Gasteiger partial charge in [0.2, 0.25) is 5.96 Å². The van der Waals surface area contributed by atoms with Gasteiger partial charge < -0.3 is 0 Å². The number of halogens is 1. The molecule has 40 heavy (non-hydrogen) atoms. The van der Waals surface area contributed by atoms with Crippen LogP contribution in [0.3, 0.4) is 0 Å². The molecule has 0 saturated carbocycles. The van der Waals surface area contributed by atoms with E-state index in [1.54, 1.807) is 24.3 Å². The van der Waals surface area contributed by atoms with E-state index in [0.717, 1.165) is 31.2 Å². The van der Waals surface area contributed by atoms with Crippen molar-refractivity contribution in [2.45, 2.75) is 79.8 Å². The molecule has 0 aliphatic rings. The Bertz CT molecular complexity index is 1280. The minimum atomic E-state index is -0.404. The van der Waals surface area contributed by atoms with Gasteiger partial charge in [0.25, 0.3) is 12.0 Å². The van der Waals surface area contributed by atoms with Gasteiger partial charge in [-0.15, -0.1) is 0 Å². The van der Waals surface area contributed by atoms with Gasteiger partial charge in [-0.3, -0.25) is 20.4 Å². The second-order valence-corrected chi connectivity index (χ2v) is 10.9. The molecule has 0 heterocycles. The molecule has 0 aromatic heterocycles. The van der Waals surface area contributed by atoms with Gasteiger partial charge in [0, 0.05) is 17.1 Å². The zero-order valence-corrected chi connectivity index (χ0v) is 25.5. The Hall–Kier alpha value is -3.61. The molecule has 2 atom stereocenters. The van der Waals surface area contributed by atoms with Crippen LogP contribution in [0.4, 0.5) is 0 Å². The zero-order chi connectivity index (χ0) is 29.5. The van der Waals surface area contributed by atoms with E-state index in [0.29, 0.717) is 46.9 Å². The van der Waals surface area contributed by atoms with Crippen LogP contribution in [0.2, 0.25) is 5.02 Å². The average Bonchev–Trinajstić information content (AvgIpc) is 2.96. The van der Waals surface area contributed by atoms with Gasteiger partial charge in [0.15, 0.2) is 0 Å². The van der Waals surface area contributed by atoms with E-state index in [-0.39, 0.29) is 5.91 Å². The molecule has 2 rings (SSSR count). The minimum Gasteiger partial charge on any atom is -0.292 e. The van der Waals surface area contributed by atoms with E-state index in [4.69, 9.17) is 21.4 Å². The summed E-state index contributed by atoms with van der Waals surface area (Å²) in [5.74, 6) is 0.698. The molecule has 7 heteroatoms.